The van der Waals surface area contributed by atoms with Crippen LogP contribution in [-0.2, 0) is 27.7 Å². The topological polar surface area (TPSA) is 55.2 Å². The number of aliphatic hydroxyl groups is 1. The van der Waals surface area contributed by atoms with Gasteiger partial charge in [-0.25, -0.2) is 0 Å². The van der Waals surface area contributed by atoms with Crippen molar-refractivity contribution >= 4 is 0 Å². The van der Waals surface area contributed by atoms with Crippen LogP contribution in [0.25, 0.3) is 22.5 Å². The van der Waals surface area contributed by atoms with Crippen molar-refractivity contribution in [3.63, 3.8) is 0 Å². The number of pyridine rings is 2. The quantitative estimate of drug-likeness (QED) is 0.331. The van der Waals surface area contributed by atoms with E-state index >= 15 is 0 Å². The molecule has 0 bridgehead atoms. The fraction of sp³-hybridized carbons (Fsp3) is 0.154. The van der Waals surface area contributed by atoms with Crippen molar-refractivity contribution in [1.82, 2.24) is 9.97 Å². The van der Waals surface area contributed by atoms with Gasteiger partial charge in [0.1, 0.15) is 5.75 Å². The molecule has 5 heteroatoms. The zero-order valence-corrected chi connectivity index (χ0v) is 20.0. The van der Waals surface area contributed by atoms with Gasteiger partial charge in [0.2, 0.25) is 0 Å². The molecule has 0 spiro atoms. The van der Waals surface area contributed by atoms with Gasteiger partial charge in [-0.05, 0) is 35.2 Å². The summed E-state index contributed by atoms with van der Waals surface area (Å²) in [6, 6.07) is 25.6. The molecule has 0 aliphatic carbocycles. The van der Waals surface area contributed by atoms with E-state index in [1.165, 1.54) is 11.1 Å². The normalized spacial score (nSPS) is 9.81. The molecule has 1 N–H and O–H groups in total. The van der Waals surface area contributed by atoms with Gasteiger partial charge in [-0.3, -0.25) is 0 Å². The first kappa shape index (κ1) is 24.5. The van der Waals surface area contributed by atoms with Crippen LogP contribution in [0, 0.1) is 26.0 Å². The molecule has 0 radical (unpaired) electrons. The Labute approximate surface area is 198 Å². The van der Waals surface area contributed by atoms with Crippen LogP contribution >= 0.6 is 0 Å². The van der Waals surface area contributed by atoms with Gasteiger partial charge in [0.25, 0.3) is 0 Å². The molecule has 0 saturated heterocycles. The average Bonchev–Trinajstić information content (AvgIpc) is 2.79. The minimum atomic E-state index is 0. The molecule has 0 fully saturated rings. The molecular formula is C26H24N2O2Pt. The van der Waals surface area contributed by atoms with Crippen LogP contribution in [-0.4, -0.2) is 22.2 Å². The number of methoxy groups -OCH3 is 1. The maximum atomic E-state index is 9.03. The van der Waals surface area contributed by atoms with E-state index in [4.69, 9.17) is 9.84 Å². The fourth-order valence-electron chi connectivity index (χ4n) is 2.86. The molecule has 0 atom stereocenters. The molecule has 160 valence electrons. The molecule has 31 heavy (non-hydrogen) atoms. The van der Waals surface area contributed by atoms with Gasteiger partial charge in [-0.15, -0.1) is 70.8 Å². The Kier molecular flexibility index (Phi) is 9.58. The first-order valence-electron chi connectivity index (χ1n) is 9.62. The summed E-state index contributed by atoms with van der Waals surface area (Å²) in [7, 11) is 1.65. The van der Waals surface area contributed by atoms with Crippen LogP contribution in [0.2, 0.25) is 0 Å². The van der Waals surface area contributed by atoms with Crippen LogP contribution in [0.5, 0.6) is 5.75 Å². The number of ether oxygens (including phenoxy) is 1. The van der Waals surface area contributed by atoms with E-state index in [9.17, 15) is 0 Å². The molecule has 4 nitrogen and oxygen atoms in total. The van der Waals surface area contributed by atoms with E-state index in [1.54, 1.807) is 25.6 Å². The second kappa shape index (κ2) is 12.1. The van der Waals surface area contributed by atoms with Gasteiger partial charge < -0.3 is 19.8 Å². The summed E-state index contributed by atoms with van der Waals surface area (Å²) in [5.41, 5.74) is 6.95. The molecule has 2 aromatic heterocycles. The smallest absolute Gasteiger partial charge is 0.497 e. The maximum absolute atomic E-state index is 9.03. The molecule has 4 rings (SSSR count). The van der Waals surface area contributed by atoms with E-state index in [2.05, 4.69) is 35.1 Å². The zero-order chi connectivity index (χ0) is 21.3. The van der Waals surface area contributed by atoms with Crippen molar-refractivity contribution in [3.8, 4) is 28.3 Å². The van der Waals surface area contributed by atoms with E-state index < -0.39 is 0 Å². The van der Waals surface area contributed by atoms with Crippen molar-refractivity contribution in [3.05, 3.63) is 102 Å². The number of hydrogen-bond acceptors (Lipinski definition) is 4. The minimum absolute atomic E-state index is 0. The summed E-state index contributed by atoms with van der Waals surface area (Å²) in [6.07, 6.45) is 3.45. The number of rotatable bonds is 4. The third-order valence-corrected chi connectivity index (χ3v) is 4.44. The van der Waals surface area contributed by atoms with Crippen molar-refractivity contribution in [2.24, 2.45) is 0 Å². The number of aromatic nitrogens is 2. The molecule has 0 aliphatic heterocycles. The molecule has 4 aromatic rings. The number of aryl methyl sites for hydroxylation is 2. The predicted molar refractivity (Wildman–Crippen MR) is 119 cm³/mol. The molecule has 2 heterocycles. The van der Waals surface area contributed by atoms with Crippen molar-refractivity contribution in [1.29, 1.82) is 0 Å². The Morgan fingerprint density at radius 1 is 0.806 bits per heavy atom. The van der Waals surface area contributed by atoms with Gasteiger partial charge >= 0.3 is 21.1 Å². The summed E-state index contributed by atoms with van der Waals surface area (Å²) in [6.45, 7) is 4.13. The Hall–Kier alpha value is -2.81. The largest absolute Gasteiger partial charge is 2.00 e. The van der Waals surface area contributed by atoms with Gasteiger partial charge in [0.15, 0.2) is 0 Å². The van der Waals surface area contributed by atoms with Crippen molar-refractivity contribution in [2.75, 3.05) is 7.11 Å². The van der Waals surface area contributed by atoms with Crippen LogP contribution in [0.1, 0.15) is 16.7 Å². The third kappa shape index (κ3) is 7.13. The first-order chi connectivity index (χ1) is 14.6. The summed E-state index contributed by atoms with van der Waals surface area (Å²) < 4.78 is 5.15. The number of nitrogens with zero attached hydrogens (tertiary/aromatic N) is 2. The van der Waals surface area contributed by atoms with Crippen LogP contribution in [0.3, 0.4) is 0 Å². The Morgan fingerprint density at radius 2 is 1.35 bits per heavy atom. The third-order valence-electron chi connectivity index (χ3n) is 4.44. The zero-order valence-electron chi connectivity index (χ0n) is 17.7. The molecule has 2 aromatic carbocycles. The Balaban J connectivity index is 0.000000213. The SMILES string of the molecule is COc1ccnc(-c2[c-]ccc(C)c2)c1.Cc1cc[c-]c(-c2cc(CO)ccn2)c1.[Pt+2]. The fourth-order valence-corrected chi connectivity index (χ4v) is 2.86. The van der Waals surface area contributed by atoms with Gasteiger partial charge in [0.05, 0.1) is 13.7 Å². The summed E-state index contributed by atoms with van der Waals surface area (Å²) in [4.78, 5) is 8.54. The van der Waals surface area contributed by atoms with Gasteiger partial charge in [-0.1, -0.05) is 19.9 Å². The van der Waals surface area contributed by atoms with E-state index in [1.807, 2.05) is 55.5 Å². The standard InChI is InChI=1S/2C13H12NO.Pt/c1-10-4-3-5-11(8-10)13-9-12(15-2)6-7-14-13;1-10-3-2-4-12(7-10)13-8-11(9-15)5-6-14-13;/h3-4,6-9H,1-2H3;2-3,5-8,15H,9H2,1H3;/q2*-1;+2. The minimum Gasteiger partial charge on any atom is -0.497 e. The van der Waals surface area contributed by atoms with E-state index in [-0.39, 0.29) is 27.7 Å². The summed E-state index contributed by atoms with van der Waals surface area (Å²) in [5, 5.41) is 9.03. The van der Waals surface area contributed by atoms with Crippen molar-refractivity contribution in [2.45, 2.75) is 20.5 Å². The second-order valence-corrected chi connectivity index (χ2v) is 6.85. The summed E-state index contributed by atoms with van der Waals surface area (Å²) >= 11 is 0. The van der Waals surface area contributed by atoms with Gasteiger partial charge in [0, 0.05) is 12.4 Å². The molecule has 0 unspecified atom stereocenters. The maximum Gasteiger partial charge on any atom is 2.00 e. The first-order valence-corrected chi connectivity index (χ1v) is 9.62. The Morgan fingerprint density at radius 3 is 1.87 bits per heavy atom. The van der Waals surface area contributed by atoms with E-state index in [0.29, 0.717) is 0 Å². The number of benzene rings is 2. The molecule has 0 aliphatic rings. The number of hydrogen-bond donors (Lipinski definition) is 1. The predicted octanol–water partition coefficient (Wildman–Crippen LogP) is 5.21. The van der Waals surface area contributed by atoms with Crippen LogP contribution < -0.4 is 4.74 Å². The number of aliphatic hydroxyl groups excluding tert-OH is 1. The Bertz CT molecular complexity index is 1030. The second-order valence-electron chi connectivity index (χ2n) is 6.85. The average molecular weight is 592 g/mol. The van der Waals surface area contributed by atoms with Gasteiger partial charge in [-0.2, -0.15) is 0 Å². The van der Waals surface area contributed by atoms with Crippen LogP contribution in [0.4, 0.5) is 0 Å². The molecule has 0 amide bonds. The van der Waals surface area contributed by atoms with Crippen LogP contribution in [0.15, 0.2) is 73.1 Å². The van der Waals surface area contributed by atoms with Crippen molar-refractivity contribution < 1.29 is 30.9 Å². The monoisotopic (exact) mass is 591 g/mol. The van der Waals surface area contributed by atoms with E-state index in [0.717, 1.165) is 33.8 Å². The summed E-state index contributed by atoms with van der Waals surface area (Å²) in [5.74, 6) is 0.815. The molecular weight excluding hydrogens is 567 g/mol. The molecule has 0 saturated carbocycles.